The van der Waals surface area contributed by atoms with Crippen molar-refractivity contribution in [2.45, 2.75) is 38.8 Å². The lowest BCUT2D eigenvalue weighted by Crippen LogP contribution is -2.37. The van der Waals surface area contributed by atoms with Crippen molar-refractivity contribution in [1.29, 1.82) is 0 Å². The molecule has 0 spiro atoms. The number of rotatable bonds is 6. The van der Waals surface area contributed by atoms with E-state index in [0.717, 1.165) is 19.3 Å². The zero-order chi connectivity index (χ0) is 11.5. The molecule has 2 N–H and O–H groups in total. The van der Waals surface area contributed by atoms with E-state index in [9.17, 15) is 4.79 Å². The molecular weight excluding hydrogens is 222 g/mol. The molecule has 1 fully saturated rings. The fourth-order valence-corrected chi connectivity index (χ4v) is 2.71. The van der Waals surface area contributed by atoms with Crippen molar-refractivity contribution in [2.75, 3.05) is 0 Å². The average Bonchev–Trinajstić information content (AvgIpc) is 2.97. The van der Waals surface area contributed by atoms with Crippen LogP contribution < -0.4 is 5.32 Å². The lowest BCUT2D eigenvalue weighted by atomic mass is 10.2. The number of nitrogens with one attached hydrogen (secondary N) is 1. The molecule has 16 heavy (non-hydrogen) atoms. The Labute approximate surface area is 99.5 Å². The maximum absolute atomic E-state index is 11.0. The van der Waals surface area contributed by atoms with Crippen molar-refractivity contribution in [3.05, 3.63) is 21.9 Å². The minimum atomic E-state index is -0.713. The molecule has 1 saturated carbocycles. The molecule has 3 nitrogen and oxygen atoms in total. The smallest absolute Gasteiger partial charge is 0.320 e. The van der Waals surface area contributed by atoms with Gasteiger partial charge in [0.25, 0.3) is 0 Å². The number of aryl methyl sites for hydroxylation is 1. The maximum atomic E-state index is 11.0. The highest BCUT2D eigenvalue weighted by atomic mass is 32.1. The third kappa shape index (κ3) is 2.83. The number of thiophene rings is 1. The van der Waals surface area contributed by atoms with Crippen LogP contribution >= 0.6 is 11.3 Å². The van der Waals surface area contributed by atoms with Crippen LogP contribution in [0.2, 0.25) is 0 Å². The second kappa shape index (κ2) is 4.97. The van der Waals surface area contributed by atoms with Crippen LogP contribution in [0, 0.1) is 5.92 Å². The van der Waals surface area contributed by atoms with Gasteiger partial charge >= 0.3 is 5.97 Å². The lowest BCUT2D eigenvalue weighted by Gasteiger charge is -2.12. The van der Waals surface area contributed by atoms with Crippen LogP contribution in [-0.2, 0) is 17.8 Å². The third-order valence-corrected chi connectivity index (χ3v) is 4.15. The van der Waals surface area contributed by atoms with Gasteiger partial charge in [-0.2, -0.15) is 0 Å². The highest BCUT2D eigenvalue weighted by Crippen LogP contribution is 2.33. The number of aliphatic carboxylic acids is 1. The van der Waals surface area contributed by atoms with Gasteiger partial charge < -0.3 is 5.11 Å². The Balaban J connectivity index is 1.87. The fourth-order valence-electron chi connectivity index (χ4n) is 1.80. The van der Waals surface area contributed by atoms with Gasteiger partial charge in [0.2, 0.25) is 0 Å². The van der Waals surface area contributed by atoms with Crippen molar-refractivity contribution in [3.63, 3.8) is 0 Å². The molecule has 0 amide bonds. The molecule has 1 aliphatic carbocycles. The summed E-state index contributed by atoms with van der Waals surface area (Å²) >= 11 is 1.76. The summed E-state index contributed by atoms with van der Waals surface area (Å²) in [6.45, 7) is 2.81. The van der Waals surface area contributed by atoms with Crippen LogP contribution in [-0.4, -0.2) is 17.1 Å². The quantitative estimate of drug-likeness (QED) is 0.800. The number of hydrogen-bond acceptors (Lipinski definition) is 3. The van der Waals surface area contributed by atoms with Crippen LogP contribution in [0.15, 0.2) is 12.1 Å². The molecule has 88 valence electrons. The van der Waals surface area contributed by atoms with E-state index >= 15 is 0 Å². The Morgan fingerprint density at radius 1 is 1.56 bits per heavy atom. The molecular formula is C12H17NO2S. The molecule has 1 unspecified atom stereocenters. The van der Waals surface area contributed by atoms with Gasteiger partial charge in [0.05, 0.1) is 0 Å². The minimum Gasteiger partial charge on any atom is -0.480 e. The predicted octanol–water partition coefficient (Wildman–Crippen LogP) is 2.26. The van der Waals surface area contributed by atoms with Crippen LogP contribution in [0.25, 0.3) is 0 Å². The zero-order valence-corrected chi connectivity index (χ0v) is 10.2. The summed E-state index contributed by atoms with van der Waals surface area (Å²) < 4.78 is 0. The molecule has 1 atom stereocenters. The van der Waals surface area contributed by atoms with E-state index in [-0.39, 0.29) is 6.04 Å². The normalized spacial score (nSPS) is 17.3. The SMILES string of the molecule is CCc1ccc(CNC(C(=O)O)C2CC2)s1. The number of hydrogen-bond donors (Lipinski definition) is 2. The van der Waals surface area contributed by atoms with Crippen molar-refractivity contribution < 1.29 is 9.90 Å². The summed E-state index contributed by atoms with van der Waals surface area (Å²) in [5.74, 6) is -0.363. The predicted molar refractivity (Wildman–Crippen MR) is 64.7 cm³/mol. The first-order valence-corrected chi connectivity index (χ1v) is 6.56. The van der Waals surface area contributed by atoms with Gasteiger partial charge in [-0.05, 0) is 37.3 Å². The largest absolute Gasteiger partial charge is 0.480 e. The topological polar surface area (TPSA) is 49.3 Å². The summed E-state index contributed by atoms with van der Waals surface area (Å²) in [6, 6.07) is 3.85. The molecule has 0 radical (unpaired) electrons. The molecule has 0 aromatic carbocycles. The monoisotopic (exact) mass is 239 g/mol. The highest BCUT2D eigenvalue weighted by molar-refractivity contribution is 7.11. The van der Waals surface area contributed by atoms with Gasteiger partial charge in [-0.15, -0.1) is 11.3 Å². The van der Waals surface area contributed by atoms with Gasteiger partial charge in [0, 0.05) is 16.3 Å². The first-order chi connectivity index (χ1) is 7.70. The molecule has 1 heterocycles. The minimum absolute atomic E-state index is 0.350. The molecule has 1 aromatic rings. The van der Waals surface area contributed by atoms with Crippen molar-refractivity contribution in [3.8, 4) is 0 Å². The first-order valence-electron chi connectivity index (χ1n) is 5.74. The van der Waals surface area contributed by atoms with E-state index in [1.165, 1.54) is 9.75 Å². The highest BCUT2D eigenvalue weighted by Gasteiger charge is 2.35. The fraction of sp³-hybridized carbons (Fsp3) is 0.583. The molecule has 0 bridgehead atoms. The second-order valence-corrected chi connectivity index (χ2v) is 5.51. The van der Waals surface area contributed by atoms with Gasteiger partial charge in [-0.1, -0.05) is 6.92 Å². The van der Waals surface area contributed by atoms with E-state index in [1.54, 1.807) is 11.3 Å². The van der Waals surface area contributed by atoms with Crippen molar-refractivity contribution >= 4 is 17.3 Å². The Kier molecular flexibility index (Phi) is 3.61. The molecule has 1 aliphatic rings. The van der Waals surface area contributed by atoms with E-state index < -0.39 is 5.97 Å². The summed E-state index contributed by atoms with van der Waals surface area (Å²) in [5.41, 5.74) is 0. The van der Waals surface area contributed by atoms with Crippen LogP contribution in [0.4, 0.5) is 0 Å². The summed E-state index contributed by atoms with van der Waals surface area (Å²) in [4.78, 5) is 13.6. The van der Waals surface area contributed by atoms with Crippen LogP contribution in [0.5, 0.6) is 0 Å². The van der Waals surface area contributed by atoms with Crippen molar-refractivity contribution in [2.24, 2.45) is 5.92 Å². The van der Waals surface area contributed by atoms with Gasteiger partial charge in [-0.3, -0.25) is 10.1 Å². The van der Waals surface area contributed by atoms with Gasteiger partial charge in [0.1, 0.15) is 6.04 Å². The van der Waals surface area contributed by atoms with E-state index in [1.807, 2.05) is 0 Å². The number of carboxylic acid groups (broad SMARTS) is 1. The lowest BCUT2D eigenvalue weighted by molar-refractivity contribution is -0.140. The second-order valence-electron chi connectivity index (χ2n) is 4.26. The van der Waals surface area contributed by atoms with Crippen LogP contribution in [0.3, 0.4) is 0 Å². The summed E-state index contributed by atoms with van der Waals surface area (Å²) in [7, 11) is 0. The summed E-state index contributed by atoms with van der Waals surface area (Å²) in [6.07, 6.45) is 3.15. The molecule has 1 aromatic heterocycles. The van der Waals surface area contributed by atoms with E-state index in [4.69, 9.17) is 5.11 Å². The van der Waals surface area contributed by atoms with Gasteiger partial charge in [0.15, 0.2) is 0 Å². The molecule has 4 heteroatoms. The summed E-state index contributed by atoms with van der Waals surface area (Å²) in [5, 5.41) is 12.2. The number of carbonyl (C=O) groups is 1. The standard InChI is InChI=1S/C12H17NO2S/c1-2-9-5-6-10(16-9)7-13-11(12(14)15)8-3-4-8/h5-6,8,11,13H,2-4,7H2,1H3,(H,14,15). The van der Waals surface area contributed by atoms with Gasteiger partial charge in [-0.25, -0.2) is 0 Å². The molecule has 2 rings (SSSR count). The van der Waals surface area contributed by atoms with E-state index in [2.05, 4.69) is 24.4 Å². The Hall–Kier alpha value is -0.870. The third-order valence-electron chi connectivity index (χ3n) is 2.92. The van der Waals surface area contributed by atoms with Crippen LogP contribution in [0.1, 0.15) is 29.5 Å². The molecule has 0 saturated heterocycles. The van der Waals surface area contributed by atoms with E-state index in [0.29, 0.717) is 12.5 Å². The zero-order valence-electron chi connectivity index (χ0n) is 9.40. The Morgan fingerprint density at radius 3 is 2.75 bits per heavy atom. The van der Waals surface area contributed by atoms with Crippen molar-refractivity contribution in [1.82, 2.24) is 5.32 Å². The maximum Gasteiger partial charge on any atom is 0.320 e. The first kappa shape index (κ1) is 11.6. The average molecular weight is 239 g/mol. The Morgan fingerprint density at radius 2 is 2.25 bits per heavy atom. The number of carboxylic acids is 1. The molecule has 0 aliphatic heterocycles. The Bertz CT molecular complexity index is 371.